The lowest BCUT2D eigenvalue weighted by atomic mass is 9.78. The molecule has 0 aromatic carbocycles. The molecule has 15 heteroatoms. The maximum Gasteiger partial charge on any atom is 0.308 e. The molecule has 0 spiro atoms. The van der Waals surface area contributed by atoms with Gasteiger partial charge in [-0.05, 0) is 82.3 Å². The van der Waals surface area contributed by atoms with Crippen molar-refractivity contribution in [1.82, 2.24) is 0 Å². The van der Waals surface area contributed by atoms with Crippen molar-refractivity contribution < 1.29 is 67.1 Å². The molecule has 0 amide bonds. The van der Waals surface area contributed by atoms with Crippen LogP contribution in [0.4, 0.5) is 0 Å². The highest BCUT2D eigenvalue weighted by Gasteiger charge is 2.61. The first-order chi connectivity index (χ1) is 29.6. The first-order valence-corrected chi connectivity index (χ1v) is 23.6. The highest BCUT2D eigenvalue weighted by atomic mass is 35.5. The highest BCUT2D eigenvalue weighted by Crippen LogP contribution is 2.46. The molecule has 8 saturated heterocycles. The number of hydrogen-bond donors (Lipinski definition) is 2. The van der Waals surface area contributed by atoms with Gasteiger partial charge in [-0.2, -0.15) is 0 Å². The molecule has 8 aliphatic heterocycles. The van der Waals surface area contributed by atoms with E-state index in [4.69, 9.17) is 63.7 Å². The zero-order chi connectivity index (χ0) is 44.0. The first-order valence-electron chi connectivity index (χ1n) is 23.1. The molecule has 2 unspecified atom stereocenters. The van der Waals surface area contributed by atoms with Crippen LogP contribution in [0.25, 0.3) is 0 Å². The maximum absolute atomic E-state index is 11.9. The Morgan fingerprint density at radius 1 is 0.871 bits per heavy atom. The molecule has 350 valence electrons. The van der Waals surface area contributed by atoms with Crippen LogP contribution >= 0.6 is 11.6 Å². The van der Waals surface area contributed by atoms with Crippen LogP contribution in [-0.2, 0) is 56.9 Å². The van der Waals surface area contributed by atoms with E-state index in [1.807, 2.05) is 13.8 Å². The molecule has 2 N–H and O–H groups in total. The van der Waals surface area contributed by atoms with Crippen LogP contribution in [-0.4, -0.2) is 158 Å². The van der Waals surface area contributed by atoms with Crippen LogP contribution in [0.3, 0.4) is 0 Å². The molecule has 14 nitrogen and oxygen atoms in total. The van der Waals surface area contributed by atoms with Crippen LogP contribution in [0.5, 0.6) is 0 Å². The standard InChI is InChI=1S/C47H71ClO14/c1-9-30-40(51)35(58-37-21-34-38(61-41(30)37)22-54-47(5,6)62-34)20-33-25(4)23(2)17-27(55-33)12-14-31(49)24(3)16-26(48)10-11-28-18-36-43(56-28)45-46(60-36)44(53-8)42-32(59-45)15-13-29(57-42)19-39(50)52-7/h9,23,26-38,40-46,49,51H,1,3-4,10-22H2,2,5-8H3/t23-,26-,27?,28-,29-,30-,31?,32+,33-,34-,35+,36-,37+,38-,40-,41+,42+,43+,44+,45+,46+/m1/s1. The van der Waals surface area contributed by atoms with Crippen molar-refractivity contribution in [2.24, 2.45) is 11.8 Å². The third-order valence-electron chi connectivity index (χ3n) is 14.9. The molecule has 8 aliphatic rings. The average molecular weight is 896 g/mol. The number of carbonyl (C=O) groups excluding carboxylic acids is 1. The third-order valence-corrected chi connectivity index (χ3v) is 15.3. The van der Waals surface area contributed by atoms with Gasteiger partial charge in [-0.1, -0.05) is 26.2 Å². The number of methoxy groups -OCH3 is 2. The van der Waals surface area contributed by atoms with Crippen molar-refractivity contribution >= 4 is 17.6 Å². The number of alkyl halides is 1. The summed E-state index contributed by atoms with van der Waals surface area (Å²) < 4.78 is 68.5. The van der Waals surface area contributed by atoms with E-state index in [0.29, 0.717) is 57.1 Å². The summed E-state index contributed by atoms with van der Waals surface area (Å²) in [5, 5.41) is 22.6. The number of carbonyl (C=O) groups is 1. The second-order valence-electron chi connectivity index (χ2n) is 19.6. The quantitative estimate of drug-likeness (QED) is 0.125. The molecule has 0 radical (unpaired) electrons. The molecule has 8 fully saturated rings. The lowest BCUT2D eigenvalue weighted by Crippen LogP contribution is -2.64. The Morgan fingerprint density at radius 2 is 1.58 bits per heavy atom. The minimum Gasteiger partial charge on any atom is -0.469 e. The third kappa shape index (κ3) is 10.1. The fraction of sp³-hybridized carbons (Fsp3) is 0.851. The largest absolute Gasteiger partial charge is 0.469 e. The van der Waals surface area contributed by atoms with E-state index in [0.717, 1.165) is 31.3 Å². The normalized spacial score (nSPS) is 45.7. The van der Waals surface area contributed by atoms with Crippen molar-refractivity contribution in [1.29, 1.82) is 0 Å². The SMILES string of the molecule is C=C[C@@H]1[C@@H](O)[C@H](C[C@H]2OC(CCC(O)C(=C)C[C@H](Cl)CC[C@@H]3C[C@H]4O[C@H]5[C@@H](OC)[C@H]6O[C@@H](CC(=O)OC)CC[C@@H]6O[C@H]5[C@H]4O3)C[C@@H](C)C2=C)O[C@H]2C[C@H]3OC(C)(C)OC[C@H]3O[C@@H]12. The van der Waals surface area contributed by atoms with E-state index >= 15 is 0 Å². The topological polar surface area (TPSA) is 159 Å². The summed E-state index contributed by atoms with van der Waals surface area (Å²) in [6.07, 6.45) is 3.77. The molecule has 8 rings (SSSR count). The fourth-order valence-electron chi connectivity index (χ4n) is 11.5. The molecule has 0 aromatic rings. The molecular formula is C47H71ClO14. The van der Waals surface area contributed by atoms with Gasteiger partial charge >= 0.3 is 5.97 Å². The Labute approximate surface area is 372 Å². The fourth-order valence-corrected chi connectivity index (χ4v) is 11.8. The monoisotopic (exact) mass is 894 g/mol. The predicted octanol–water partition coefficient (Wildman–Crippen LogP) is 5.26. The summed E-state index contributed by atoms with van der Waals surface area (Å²) in [5.41, 5.74) is 1.70. The van der Waals surface area contributed by atoms with Gasteiger partial charge in [0.25, 0.3) is 0 Å². The minimum absolute atomic E-state index is 0.0196. The zero-order valence-electron chi connectivity index (χ0n) is 37.2. The summed E-state index contributed by atoms with van der Waals surface area (Å²) in [4.78, 5) is 11.9. The minimum atomic E-state index is -0.820. The van der Waals surface area contributed by atoms with Crippen molar-refractivity contribution in [2.45, 2.75) is 219 Å². The first kappa shape index (κ1) is 47.0. The van der Waals surface area contributed by atoms with Gasteiger partial charge < -0.3 is 62.3 Å². The van der Waals surface area contributed by atoms with Crippen LogP contribution in [0.2, 0.25) is 0 Å². The molecule has 0 saturated carbocycles. The number of hydrogen-bond acceptors (Lipinski definition) is 14. The summed E-state index contributed by atoms with van der Waals surface area (Å²) in [7, 11) is 3.05. The van der Waals surface area contributed by atoms with Crippen LogP contribution in [0, 0.1) is 11.8 Å². The molecule has 8 heterocycles. The predicted molar refractivity (Wildman–Crippen MR) is 227 cm³/mol. The number of ether oxygens (including phenoxy) is 11. The van der Waals surface area contributed by atoms with E-state index in [1.54, 1.807) is 13.2 Å². The summed E-state index contributed by atoms with van der Waals surface area (Å²) in [6.45, 7) is 19.1. The van der Waals surface area contributed by atoms with Gasteiger partial charge in [0.05, 0.1) is 93.4 Å². The van der Waals surface area contributed by atoms with Crippen LogP contribution in [0.15, 0.2) is 37.0 Å². The Morgan fingerprint density at radius 3 is 2.34 bits per heavy atom. The van der Waals surface area contributed by atoms with Gasteiger partial charge in [0.15, 0.2) is 5.79 Å². The number of aliphatic hydroxyl groups excluding tert-OH is 2. The number of halogens is 1. The second kappa shape index (κ2) is 19.8. The van der Waals surface area contributed by atoms with Gasteiger partial charge in [0.1, 0.15) is 36.6 Å². The van der Waals surface area contributed by atoms with Crippen LogP contribution < -0.4 is 0 Å². The van der Waals surface area contributed by atoms with Gasteiger partial charge in [-0.25, -0.2) is 0 Å². The van der Waals surface area contributed by atoms with Crippen molar-refractivity contribution in [2.75, 3.05) is 20.8 Å². The molecule has 0 bridgehead atoms. The number of rotatable bonds is 15. The second-order valence-corrected chi connectivity index (χ2v) is 20.2. The van der Waals surface area contributed by atoms with E-state index < -0.39 is 24.1 Å². The van der Waals surface area contributed by atoms with Crippen LogP contribution in [0.1, 0.15) is 97.8 Å². The van der Waals surface area contributed by atoms with Gasteiger partial charge in [0.2, 0.25) is 0 Å². The Kier molecular flexibility index (Phi) is 15.0. The van der Waals surface area contributed by atoms with E-state index in [-0.39, 0.29) is 121 Å². The Bertz CT molecular complexity index is 1590. The summed E-state index contributed by atoms with van der Waals surface area (Å²) in [5.74, 6) is -1.10. The number of fused-ring (bicyclic) bond motifs is 6. The molecule has 0 aliphatic carbocycles. The molecule has 0 aromatic heterocycles. The van der Waals surface area contributed by atoms with Gasteiger partial charge in [0, 0.05) is 37.7 Å². The molecular weight excluding hydrogens is 824 g/mol. The van der Waals surface area contributed by atoms with Crippen molar-refractivity contribution in [3.63, 3.8) is 0 Å². The number of esters is 1. The maximum atomic E-state index is 11.9. The molecule has 21 atom stereocenters. The van der Waals surface area contributed by atoms with E-state index in [1.165, 1.54) is 7.11 Å². The highest BCUT2D eigenvalue weighted by molar-refractivity contribution is 6.20. The van der Waals surface area contributed by atoms with Gasteiger partial charge in [-0.15, -0.1) is 18.2 Å². The summed E-state index contributed by atoms with van der Waals surface area (Å²) >= 11 is 6.88. The Hall–Kier alpha value is -1.50. The van der Waals surface area contributed by atoms with Gasteiger partial charge in [-0.3, -0.25) is 4.79 Å². The number of aliphatic hydroxyl groups is 2. The molecule has 62 heavy (non-hydrogen) atoms. The zero-order valence-corrected chi connectivity index (χ0v) is 37.9. The van der Waals surface area contributed by atoms with Crippen molar-refractivity contribution in [3.05, 3.63) is 37.0 Å². The smallest absolute Gasteiger partial charge is 0.308 e. The van der Waals surface area contributed by atoms with Crippen molar-refractivity contribution in [3.8, 4) is 0 Å². The van der Waals surface area contributed by atoms with E-state index in [9.17, 15) is 15.0 Å². The summed E-state index contributed by atoms with van der Waals surface area (Å²) in [6, 6.07) is 0. The lowest BCUT2D eigenvalue weighted by Gasteiger charge is -2.53. The van der Waals surface area contributed by atoms with E-state index in [2.05, 4.69) is 26.7 Å². The Balaban J connectivity index is 0.766. The lowest BCUT2D eigenvalue weighted by molar-refractivity contribution is -0.354. The average Bonchev–Trinajstić information content (AvgIpc) is 3.80.